The topological polar surface area (TPSA) is 107 Å². The minimum Gasteiger partial charge on any atom is -0.381 e. The molecule has 9 heteroatoms. The van der Waals surface area contributed by atoms with Crippen LogP contribution in [-0.2, 0) is 29.2 Å². The fourth-order valence-electron chi connectivity index (χ4n) is 0.867. The molecule has 0 unspecified atom stereocenters. The summed E-state index contributed by atoms with van der Waals surface area (Å²) in [7, 11) is -6.31. The largest absolute Gasteiger partial charge is 0.381 e. The monoisotopic (exact) mass is 276 g/mol. The number of ether oxygens (including phenoxy) is 1. The Morgan fingerprint density at radius 1 is 1.00 bits per heavy atom. The van der Waals surface area contributed by atoms with Crippen LogP contribution in [0.25, 0.3) is 0 Å². The van der Waals surface area contributed by atoms with E-state index >= 15 is 0 Å². The van der Waals surface area contributed by atoms with Crippen LogP contribution in [0, 0.1) is 0 Å². The van der Waals surface area contributed by atoms with Gasteiger partial charge in [-0.2, -0.15) is 16.8 Å². The second-order valence-corrected chi connectivity index (χ2v) is 6.46. The fraction of sp³-hybridized carbons (Fsp3) is 1.00. The van der Waals surface area contributed by atoms with Crippen LogP contribution >= 0.6 is 0 Å². The Kier molecular flexibility index (Phi) is 7.07. The molecule has 0 spiro atoms. The maximum Gasteiger partial charge on any atom is 0.267 e. The van der Waals surface area contributed by atoms with Crippen molar-refractivity contribution in [3.05, 3.63) is 0 Å². The van der Waals surface area contributed by atoms with Gasteiger partial charge in [-0.05, 0) is 12.8 Å². The third-order valence-electron chi connectivity index (χ3n) is 1.63. The number of hydrogen-bond acceptors (Lipinski definition) is 6. The van der Waals surface area contributed by atoms with Crippen molar-refractivity contribution < 1.29 is 30.3 Å². The zero-order chi connectivity index (χ0) is 12.7. The van der Waals surface area contributed by atoms with Crippen molar-refractivity contribution in [2.75, 3.05) is 31.8 Å². The van der Waals surface area contributed by atoms with Crippen LogP contribution in [0.15, 0.2) is 0 Å². The average molecular weight is 276 g/mol. The molecular weight excluding hydrogens is 260 g/mol. The molecule has 98 valence electrons. The van der Waals surface area contributed by atoms with E-state index in [1.807, 2.05) is 0 Å². The quantitative estimate of drug-likeness (QED) is 0.348. The maximum atomic E-state index is 10.8. The summed E-state index contributed by atoms with van der Waals surface area (Å²) in [5.74, 6) is -0.495. The van der Waals surface area contributed by atoms with Crippen LogP contribution in [0.3, 0.4) is 0 Å². The second kappa shape index (κ2) is 7.17. The molecule has 0 aliphatic carbocycles. The van der Waals surface area contributed by atoms with Crippen LogP contribution in [0.1, 0.15) is 12.8 Å². The molecule has 0 saturated carbocycles. The molecule has 0 aromatic rings. The van der Waals surface area contributed by atoms with Crippen molar-refractivity contribution in [1.29, 1.82) is 0 Å². The van der Waals surface area contributed by atoms with Gasteiger partial charge < -0.3 is 4.74 Å². The summed E-state index contributed by atoms with van der Waals surface area (Å²) >= 11 is 0. The van der Waals surface area contributed by atoms with Gasteiger partial charge in [0.1, 0.15) is 0 Å². The van der Waals surface area contributed by atoms with E-state index in [9.17, 15) is 16.8 Å². The summed E-state index contributed by atoms with van der Waals surface area (Å²) < 4.78 is 59.8. The van der Waals surface area contributed by atoms with Crippen molar-refractivity contribution in [3.8, 4) is 0 Å². The first-order valence-electron chi connectivity index (χ1n) is 4.58. The molecule has 0 heterocycles. The summed E-state index contributed by atoms with van der Waals surface area (Å²) in [6, 6.07) is 0. The lowest BCUT2D eigenvalue weighted by Gasteiger charge is -2.03. The fourth-order valence-corrected chi connectivity index (χ4v) is 1.99. The van der Waals surface area contributed by atoms with Crippen LogP contribution in [0.4, 0.5) is 0 Å². The predicted octanol–water partition coefficient (Wildman–Crippen LogP) is -0.353. The van der Waals surface area contributed by atoms with Crippen molar-refractivity contribution in [2.45, 2.75) is 12.8 Å². The Balaban J connectivity index is 3.42. The highest BCUT2D eigenvalue weighted by atomic mass is 32.2. The van der Waals surface area contributed by atoms with Gasteiger partial charge in [0.25, 0.3) is 20.2 Å². The highest BCUT2D eigenvalue weighted by Gasteiger charge is 2.07. The smallest absolute Gasteiger partial charge is 0.267 e. The molecule has 0 rings (SSSR count). The van der Waals surface area contributed by atoms with E-state index in [-0.39, 0.29) is 37.6 Å². The lowest BCUT2D eigenvalue weighted by atomic mass is 10.5. The van der Waals surface area contributed by atoms with Crippen LogP contribution in [0.5, 0.6) is 0 Å². The minimum absolute atomic E-state index is 0.137. The zero-order valence-electron chi connectivity index (χ0n) is 8.96. The molecule has 0 aliphatic heterocycles. The molecule has 0 saturated heterocycles. The first kappa shape index (κ1) is 15.8. The van der Waals surface area contributed by atoms with Crippen molar-refractivity contribution >= 4 is 20.2 Å². The van der Waals surface area contributed by atoms with Gasteiger partial charge >= 0.3 is 0 Å². The van der Waals surface area contributed by atoms with Gasteiger partial charge in [0.05, 0.1) is 18.6 Å². The van der Waals surface area contributed by atoms with Gasteiger partial charge in [0, 0.05) is 13.2 Å². The second-order valence-electron chi connectivity index (χ2n) is 3.03. The van der Waals surface area contributed by atoms with E-state index in [0.717, 1.165) is 7.11 Å². The van der Waals surface area contributed by atoms with Crippen molar-refractivity contribution in [1.82, 2.24) is 0 Å². The summed E-state index contributed by atoms with van der Waals surface area (Å²) in [6.45, 7) is 0.362. The lowest BCUT2D eigenvalue weighted by Crippen LogP contribution is -2.11. The first-order chi connectivity index (χ1) is 7.27. The Labute approximate surface area is 95.6 Å². The van der Waals surface area contributed by atoms with E-state index < -0.39 is 20.2 Å². The standard InChI is InChI=1S/C7H16O7S2/c1-13-16(11,12)7-3-5-14-4-2-6-15(8,9)10/h2-7H2,1H3,(H,8,9,10). The molecule has 0 aliphatic rings. The molecular formula is C7H16O7S2. The molecule has 1 N–H and O–H groups in total. The van der Waals surface area contributed by atoms with Crippen molar-refractivity contribution in [3.63, 3.8) is 0 Å². The summed E-state index contributed by atoms with van der Waals surface area (Å²) in [5.41, 5.74) is 0. The van der Waals surface area contributed by atoms with Gasteiger partial charge in [-0.1, -0.05) is 0 Å². The summed E-state index contributed by atoms with van der Waals surface area (Å²) in [6.07, 6.45) is 0.456. The van der Waals surface area contributed by atoms with Gasteiger partial charge in [0.2, 0.25) is 0 Å². The number of rotatable bonds is 9. The molecule has 0 atom stereocenters. The van der Waals surface area contributed by atoms with Crippen LogP contribution in [-0.4, -0.2) is 53.2 Å². The average Bonchev–Trinajstić information content (AvgIpc) is 2.14. The predicted molar refractivity (Wildman–Crippen MR) is 57.3 cm³/mol. The lowest BCUT2D eigenvalue weighted by molar-refractivity contribution is 0.135. The molecule has 0 radical (unpaired) electrons. The maximum absolute atomic E-state index is 10.8. The summed E-state index contributed by atoms with van der Waals surface area (Å²) in [5, 5.41) is 0. The normalized spacial score (nSPS) is 12.9. The highest BCUT2D eigenvalue weighted by Crippen LogP contribution is 1.96. The Hall–Kier alpha value is -0.220. The van der Waals surface area contributed by atoms with E-state index in [0.29, 0.717) is 0 Å². The third kappa shape index (κ3) is 10.3. The van der Waals surface area contributed by atoms with Gasteiger partial charge in [-0.15, -0.1) is 0 Å². The van der Waals surface area contributed by atoms with E-state index in [2.05, 4.69) is 4.18 Å². The van der Waals surface area contributed by atoms with Gasteiger partial charge in [-0.25, -0.2) is 0 Å². The van der Waals surface area contributed by atoms with Gasteiger partial charge in [-0.3, -0.25) is 8.74 Å². The van der Waals surface area contributed by atoms with Crippen molar-refractivity contribution in [2.24, 2.45) is 0 Å². The van der Waals surface area contributed by atoms with Gasteiger partial charge in [0.15, 0.2) is 0 Å². The minimum atomic E-state index is -3.94. The Morgan fingerprint density at radius 3 is 1.94 bits per heavy atom. The van der Waals surface area contributed by atoms with E-state index in [4.69, 9.17) is 9.29 Å². The molecule has 0 amide bonds. The Bertz CT molecular complexity index is 370. The Morgan fingerprint density at radius 2 is 1.50 bits per heavy atom. The molecule has 0 fully saturated rings. The SMILES string of the molecule is COS(=O)(=O)CCCOCCCS(=O)(=O)O. The van der Waals surface area contributed by atoms with Crippen LogP contribution in [0.2, 0.25) is 0 Å². The zero-order valence-corrected chi connectivity index (χ0v) is 10.6. The molecule has 0 aromatic carbocycles. The van der Waals surface area contributed by atoms with E-state index in [1.54, 1.807) is 0 Å². The number of hydrogen-bond donors (Lipinski definition) is 1. The molecule has 0 bridgehead atoms. The molecule has 0 aromatic heterocycles. The molecule has 16 heavy (non-hydrogen) atoms. The third-order valence-corrected chi connectivity index (χ3v) is 3.73. The highest BCUT2D eigenvalue weighted by molar-refractivity contribution is 7.86. The first-order valence-corrected chi connectivity index (χ1v) is 7.77. The molecule has 7 nitrogen and oxygen atoms in total. The summed E-state index contributed by atoms with van der Waals surface area (Å²) in [4.78, 5) is 0. The van der Waals surface area contributed by atoms with E-state index in [1.165, 1.54) is 0 Å². The van der Waals surface area contributed by atoms with Crippen LogP contribution < -0.4 is 0 Å².